The van der Waals surface area contributed by atoms with Crippen molar-refractivity contribution in [2.24, 2.45) is 5.92 Å². The molecule has 1 aliphatic carbocycles. The van der Waals surface area contributed by atoms with Crippen LogP contribution in [-0.4, -0.2) is 19.0 Å². The Kier molecular flexibility index (Phi) is 3.61. The Morgan fingerprint density at radius 1 is 1.47 bits per heavy atom. The van der Waals surface area contributed by atoms with Gasteiger partial charge < -0.3 is 10.6 Å². The molecule has 1 aliphatic rings. The fourth-order valence-electron chi connectivity index (χ4n) is 1.53. The minimum absolute atomic E-state index is 0.0436. The van der Waals surface area contributed by atoms with E-state index in [1.165, 1.54) is 18.9 Å². The van der Waals surface area contributed by atoms with E-state index >= 15 is 0 Å². The Morgan fingerprint density at radius 3 is 2.88 bits per heavy atom. The zero-order valence-corrected chi connectivity index (χ0v) is 9.92. The third-order valence-electron chi connectivity index (χ3n) is 2.91. The topological polar surface area (TPSA) is 41.1 Å². The molecule has 0 heterocycles. The fraction of sp³-hybridized carbons (Fsp3) is 0.462. The summed E-state index contributed by atoms with van der Waals surface area (Å²) < 4.78 is 13.2. The number of rotatable bonds is 5. The number of benzene rings is 1. The molecule has 0 aromatic heterocycles. The second-order valence-electron chi connectivity index (χ2n) is 4.56. The maximum atomic E-state index is 13.2. The Morgan fingerprint density at radius 2 is 2.24 bits per heavy atom. The van der Waals surface area contributed by atoms with E-state index in [0.29, 0.717) is 17.2 Å². The normalized spacial score (nSPS) is 14.5. The Labute approximate surface area is 100 Å². The zero-order valence-electron chi connectivity index (χ0n) is 9.92. The van der Waals surface area contributed by atoms with Gasteiger partial charge in [0.2, 0.25) is 5.91 Å². The molecule has 1 fully saturated rings. The molecule has 4 heteroatoms. The van der Waals surface area contributed by atoms with Gasteiger partial charge in [0.05, 0.1) is 6.54 Å². The smallest absolute Gasteiger partial charge is 0.239 e. The number of hydrogen-bond donors (Lipinski definition) is 2. The molecule has 92 valence electrons. The van der Waals surface area contributed by atoms with E-state index in [1.54, 1.807) is 19.1 Å². The summed E-state index contributed by atoms with van der Waals surface area (Å²) in [6, 6.07) is 4.87. The summed E-state index contributed by atoms with van der Waals surface area (Å²) in [5, 5.41) is 5.75. The summed E-state index contributed by atoms with van der Waals surface area (Å²) in [5.74, 6) is 0.377. The van der Waals surface area contributed by atoms with Crippen LogP contribution in [0.1, 0.15) is 18.4 Å². The second kappa shape index (κ2) is 5.17. The van der Waals surface area contributed by atoms with Crippen molar-refractivity contribution < 1.29 is 9.18 Å². The number of anilines is 1. The highest BCUT2D eigenvalue weighted by molar-refractivity contribution is 5.80. The number of amides is 1. The lowest BCUT2D eigenvalue weighted by atomic mass is 10.2. The number of carbonyl (C=O) groups is 1. The summed E-state index contributed by atoms with van der Waals surface area (Å²) in [5.41, 5.74) is 1.24. The molecule has 0 unspecified atom stereocenters. The van der Waals surface area contributed by atoms with Gasteiger partial charge in [0, 0.05) is 12.2 Å². The van der Waals surface area contributed by atoms with Gasteiger partial charge in [-0.3, -0.25) is 4.79 Å². The monoisotopic (exact) mass is 236 g/mol. The first-order valence-electron chi connectivity index (χ1n) is 5.92. The molecule has 0 atom stereocenters. The lowest BCUT2D eigenvalue weighted by molar-refractivity contribution is -0.119. The van der Waals surface area contributed by atoms with Gasteiger partial charge in [-0.1, -0.05) is 6.07 Å². The van der Waals surface area contributed by atoms with Gasteiger partial charge in [-0.15, -0.1) is 0 Å². The van der Waals surface area contributed by atoms with Crippen molar-refractivity contribution in [1.82, 2.24) is 5.32 Å². The summed E-state index contributed by atoms with van der Waals surface area (Å²) in [4.78, 5) is 11.4. The molecule has 2 N–H and O–H groups in total. The fourth-order valence-corrected chi connectivity index (χ4v) is 1.53. The summed E-state index contributed by atoms with van der Waals surface area (Å²) in [6.45, 7) is 2.67. The van der Waals surface area contributed by atoms with Crippen LogP contribution in [0.5, 0.6) is 0 Å². The van der Waals surface area contributed by atoms with Crippen molar-refractivity contribution in [2.75, 3.05) is 18.4 Å². The number of halogens is 1. The van der Waals surface area contributed by atoms with Crippen molar-refractivity contribution in [3.05, 3.63) is 29.6 Å². The lowest BCUT2D eigenvalue weighted by Gasteiger charge is -2.08. The van der Waals surface area contributed by atoms with Crippen molar-refractivity contribution in [1.29, 1.82) is 0 Å². The molecule has 1 aromatic rings. The molecule has 2 rings (SSSR count). The zero-order chi connectivity index (χ0) is 12.3. The average molecular weight is 236 g/mol. The quantitative estimate of drug-likeness (QED) is 0.821. The van der Waals surface area contributed by atoms with Crippen LogP contribution in [0.25, 0.3) is 0 Å². The molecule has 0 bridgehead atoms. The minimum Gasteiger partial charge on any atom is -0.376 e. The van der Waals surface area contributed by atoms with Crippen molar-refractivity contribution in [3.63, 3.8) is 0 Å². The van der Waals surface area contributed by atoms with Gasteiger partial charge in [-0.25, -0.2) is 4.39 Å². The third-order valence-corrected chi connectivity index (χ3v) is 2.91. The molecule has 17 heavy (non-hydrogen) atoms. The van der Waals surface area contributed by atoms with Crippen LogP contribution in [0.3, 0.4) is 0 Å². The molecule has 1 aromatic carbocycles. The van der Waals surface area contributed by atoms with Crippen LogP contribution in [0.4, 0.5) is 10.1 Å². The predicted octanol–water partition coefficient (Wildman–Crippen LogP) is 2.07. The molecule has 1 amide bonds. The van der Waals surface area contributed by atoms with Gasteiger partial charge >= 0.3 is 0 Å². The van der Waals surface area contributed by atoms with Gasteiger partial charge in [0.1, 0.15) is 5.82 Å². The number of hydrogen-bond acceptors (Lipinski definition) is 2. The van der Waals surface area contributed by atoms with Gasteiger partial charge in [-0.2, -0.15) is 0 Å². The maximum Gasteiger partial charge on any atom is 0.239 e. The summed E-state index contributed by atoms with van der Waals surface area (Å²) >= 11 is 0. The van der Waals surface area contributed by atoms with E-state index in [0.717, 1.165) is 6.54 Å². The van der Waals surface area contributed by atoms with E-state index in [1.807, 2.05) is 0 Å². The van der Waals surface area contributed by atoms with E-state index in [2.05, 4.69) is 10.6 Å². The first-order chi connectivity index (χ1) is 8.15. The molecule has 3 nitrogen and oxygen atoms in total. The first-order valence-corrected chi connectivity index (χ1v) is 5.92. The van der Waals surface area contributed by atoms with Crippen LogP contribution in [-0.2, 0) is 4.79 Å². The van der Waals surface area contributed by atoms with Crippen LogP contribution >= 0.6 is 0 Å². The van der Waals surface area contributed by atoms with Crippen molar-refractivity contribution in [3.8, 4) is 0 Å². The SMILES string of the molecule is Cc1ccc(NCC(=O)NCC2CC2)cc1F. The lowest BCUT2D eigenvalue weighted by Crippen LogP contribution is -2.31. The van der Waals surface area contributed by atoms with E-state index in [-0.39, 0.29) is 18.3 Å². The predicted molar refractivity (Wildman–Crippen MR) is 65.4 cm³/mol. The second-order valence-corrected chi connectivity index (χ2v) is 4.56. The number of nitrogens with one attached hydrogen (secondary N) is 2. The third kappa shape index (κ3) is 3.73. The van der Waals surface area contributed by atoms with Crippen molar-refractivity contribution in [2.45, 2.75) is 19.8 Å². The minimum atomic E-state index is -0.256. The summed E-state index contributed by atoms with van der Waals surface area (Å²) in [7, 11) is 0. The Balaban J connectivity index is 1.75. The van der Waals surface area contributed by atoms with Crippen LogP contribution in [0, 0.1) is 18.7 Å². The highest BCUT2D eigenvalue weighted by atomic mass is 19.1. The average Bonchev–Trinajstić information content (AvgIpc) is 3.12. The van der Waals surface area contributed by atoms with Crippen LogP contribution in [0.2, 0.25) is 0 Å². The van der Waals surface area contributed by atoms with E-state index in [4.69, 9.17) is 0 Å². The van der Waals surface area contributed by atoms with Gasteiger partial charge in [0.15, 0.2) is 0 Å². The molecule has 0 saturated heterocycles. The first kappa shape index (κ1) is 11.9. The molecule has 0 aliphatic heterocycles. The number of carbonyl (C=O) groups excluding carboxylic acids is 1. The Hall–Kier alpha value is -1.58. The number of aryl methyl sites for hydroxylation is 1. The molecule has 0 radical (unpaired) electrons. The van der Waals surface area contributed by atoms with E-state index < -0.39 is 0 Å². The standard InChI is InChI=1S/C13H17FN2O/c1-9-2-5-11(6-12(9)14)15-8-13(17)16-7-10-3-4-10/h2,5-6,10,15H,3-4,7-8H2,1H3,(H,16,17). The van der Waals surface area contributed by atoms with Gasteiger partial charge in [0.25, 0.3) is 0 Å². The largest absolute Gasteiger partial charge is 0.376 e. The molecular formula is C13H17FN2O. The molecule has 1 saturated carbocycles. The van der Waals surface area contributed by atoms with Crippen LogP contribution in [0.15, 0.2) is 18.2 Å². The van der Waals surface area contributed by atoms with Crippen molar-refractivity contribution >= 4 is 11.6 Å². The molecule has 0 spiro atoms. The highest BCUT2D eigenvalue weighted by Gasteiger charge is 2.21. The van der Waals surface area contributed by atoms with E-state index in [9.17, 15) is 9.18 Å². The van der Waals surface area contributed by atoms with Crippen LogP contribution < -0.4 is 10.6 Å². The maximum absolute atomic E-state index is 13.2. The Bertz CT molecular complexity index is 416. The van der Waals surface area contributed by atoms with Gasteiger partial charge in [-0.05, 0) is 43.4 Å². The highest BCUT2D eigenvalue weighted by Crippen LogP contribution is 2.27. The molecular weight excluding hydrogens is 219 g/mol. The summed E-state index contributed by atoms with van der Waals surface area (Å²) in [6.07, 6.45) is 2.44.